The maximum absolute atomic E-state index is 10.8. The first-order valence-corrected chi connectivity index (χ1v) is 6.64. The summed E-state index contributed by atoms with van der Waals surface area (Å²) in [6.45, 7) is 4.69. The summed E-state index contributed by atoms with van der Waals surface area (Å²) >= 11 is 5.75. The fourth-order valence-corrected chi connectivity index (χ4v) is 2.02. The van der Waals surface area contributed by atoms with Gasteiger partial charge in [0.15, 0.2) is 0 Å². The lowest BCUT2D eigenvalue weighted by Gasteiger charge is -2.30. The highest BCUT2D eigenvalue weighted by molar-refractivity contribution is 6.32. The Hall–Kier alpha value is -1.33. The number of halogens is 1. The van der Waals surface area contributed by atoms with E-state index in [4.69, 9.17) is 11.6 Å². The Kier molecular flexibility index (Phi) is 5.57. The molecule has 0 aromatic heterocycles. The molecule has 0 atom stereocenters. The summed E-state index contributed by atoms with van der Waals surface area (Å²) in [4.78, 5) is 10.3. The molecule has 0 fully saturated rings. The predicted octanol–water partition coefficient (Wildman–Crippen LogP) is 3.46. The average Bonchev–Trinajstić information content (AvgIpc) is 2.42. The van der Waals surface area contributed by atoms with Crippen molar-refractivity contribution in [2.24, 2.45) is 5.41 Å². The molecule has 6 heteroatoms. The SMILES string of the molecule is CCC(CC)(CO)CNc1ccc(Cl)c([N+](=O)[O-])c1. The van der Waals surface area contributed by atoms with Crippen LogP contribution < -0.4 is 5.32 Å². The van der Waals surface area contributed by atoms with Crippen LogP contribution in [-0.2, 0) is 0 Å². The molecule has 5 nitrogen and oxygen atoms in total. The molecule has 0 spiro atoms. The third-order valence-corrected chi connectivity index (χ3v) is 3.97. The van der Waals surface area contributed by atoms with Gasteiger partial charge in [-0.3, -0.25) is 10.1 Å². The van der Waals surface area contributed by atoms with Crippen LogP contribution in [0.3, 0.4) is 0 Å². The highest BCUT2D eigenvalue weighted by atomic mass is 35.5. The van der Waals surface area contributed by atoms with Crippen LogP contribution in [0.2, 0.25) is 5.02 Å². The number of aliphatic hydroxyl groups is 1. The van der Waals surface area contributed by atoms with Gasteiger partial charge in [-0.05, 0) is 25.0 Å². The van der Waals surface area contributed by atoms with Crippen LogP contribution in [0, 0.1) is 15.5 Å². The Bertz CT molecular complexity index is 439. The molecule has 1 aromatic rings. The molecule has 0 aliphatic carbocycles. The molecule has 0 heterocycles. The summed E-state index contributed by atoms with van der Waals surface area (Å²) in [5, 5.41) is 23.5. The van der Waals surface area contributed by atoms with Gasteiger partial charge in [-0.1, -0.05) is 25.4 Å². The molecule has 0 unspecified atom stereocenters. The minimum absolute atomic E-state index is 0.0860. The highest BCUT2D eigenvalue weighted by Crippen LogP contribution is 2.30. The first-order chi connectivity index (χ1) is 8.98. The van der Waals surface area contributed by atoms with E-state index >= 15 is 0 Å². The summed E-state index contributed by atoms with van der Waals surface area (Å²) in [5.41, 5.74) is 0.319. The zero-order chi connectivity index (χ0) is 14.5. The number of aliphatic hydroxyl groups excluding tert-OH is 1. The van der Waals surface area contributed by atoms with E-state index < -0.39 is 4.92 Å². The number of anilines is 1. The van der Waals surface area contributed by atoms with E-state index in [1.54, 1.807) is 6.07 Å². The van der Waals surface area contributed by atoms with Gasteiger partial charge in [0.2, 0.25) is 0 Å². The average molecular weight is 287 g/mol. The van der Waals surface area contributed by atoms with Crippen molar-refractivity contribution in [3.8, 4) is 0 Å². The highest BCUT2D eigenvalue weighted by Gasteiger charge is 2.25. The van der Waals surface area contributed by atoms with Crippen molar-refractivity contribution >= 4 is 23.0 Å². The zero-order valence-electron chi connectivity index (χ0n) is 11.1. The van der Waals surface area contributed by atoms with Crippen molar-refractivity contribution in [2.75, 3.05) is 18.5 Å². The second-order valence-electron chi connectivity index (χ2n) is 4.64. The molecule has 0 amide bonds. The van der Waals surface area contributed by atoms with E-state index in [0.717, 1.165) is 12.8 Å². The lowest BCUT2D eigenvalue weighted by molar-refractivity contribution is -0.384. The van der Waals surface area contributed by atoms with Crippen LogP contribution in [0.4, 0.5) is 11.4 Å². The maximum Gasteiger partial charge on any atom is 0.289 e. The molecule has 0 aliphatic rings. The van der Waals surface area contributed by atoms with E-state index in [2.05, 4.69) is 5.32 Å². The van der Waals surface area contributed by atoms with Gasteiger partial charge in [-0.25, -0.2) is 0 Å². The van der Waals surface area contributed by atoms with Gasteiger partial charge < -0.3 is 10.4 Å². The molecule has 2 N–H and O–H groups in total. The number of rotatable bonds is 7. The predicted molar refractivity (Wildman–Crippen MR) is 76.7 cm³/mol. The van der Waals surface area contributed by atoms with E-state index in [9.17, 15) is 15.2 Å². The van der Waals surface area contributed by atoms with Crippen molar-refractivity contribution in [2.45, 2.75) is 26.7 Å². The van der Waals surface area contributed by atoms with Gasteiger partial charge in [-0.2, -0.15) is 0 Å². The van der Waals surface area contributed by atoms with E-state index in [0.29, 0.717) is 12.2 Å². The smallest absolute Gasteiger partial charge is 0.289 e. The summed E-state index contributed by atoms with van der Waals surface area (Å²) in [5.74, 6) is 0. The first-order valence-electron chi connectivity index (χ1n) is 6.26. The largest absolute Gasteiger partial charge is 0.396 e. The third kappa shape index (κ3) is 3.81. The fraction of sp³-hybridized carbons (Fsp3) is 0.538. The van der Waals surface area contributed by atoms with E-state index in [-0.39, 0.29) is 22.7 Å². The Morgan fingerprint density at radius 3 is 2.53 bits per heavy atom. The molecule has 0 saturated carbocycles. The minimum Gasteiger partial charge on any atom is -0.396 e. The van der Waals surface area contributed by atoms with Crippen LogP contribution >= 0.6 is 11.6 Å². The van der Waals surface area contributed by atoms with Crippen molar-refractivity contribution in [3.63, 3.8) is 0 Å². The number of nitrogens with zero attached hydrogens (tertiary/aromatic N) is 1. The van der Waals surface area contributed by atoms with Crippen molar-refractivity contribution < 1.29 is 10.0 Å². The summed E-state index contributed by atoms with van der Waals surface area (Å²) in [6.07, 6.45) is 1.67. The number of nitro benzene ring substituents is 1. The Morgan fingerprint density at radius 2 is 2.05 bits per heavy atom. The Morgan fingerprint density at radius 1 is 1.42 bits per heavy atom. The molecule has 0 bridgehead atoms. The van der Waals surface area contributed by atoms with Gasteiger partial charge in [0, 0.05) is 23.7 Å². The van der Waals surface area contributed by atoms with Crippen molar-refractivity contribution in [1.82, 2.24) is 0 Å². The molecule has 0 aliphatic heterocycles. The van der Waals surface area contributed by atoms with Crippen LogP contribution in [0.25, 0.3) is 0 Å². The number of nitrogens with one attached hydrogen (secondary N) is 1. The van der Waals surface area contributed by atoms with Gasteiger partial charge in [0.25, 0.3) is 5.69 Å². The second kappa shape index (κ2) is 6.73. The molecule has 1 aromatic carbocycles. The lowest BCUT2D eigenvalue weighted by Crippen LogP contribution is -2.32. The van der Waals surface area contributed by atoms with Crippen molar-refractivity contribution in [3.05, 3.63) is 33.3 Å². The number of benzene rings is 1. The molecule has 0 radical (unpaired) electrons. The van der Waals surface area contributed by atoms with Gasteiger partial charge in [0.1, 0.15) is 5.02 Å². The zero-order valence-corrected chi connectivity index (χ0v) is 11.9. The van der Waals surface area contributed by atoms with E-state index in [1.165, 1.54) is 12.1 Å². The number of hydrogen-bond donors (Lipinski definition) is 2. The molecular weight excluding hydrogens is 268 g/mol. The quantitative estimate of drug-likeness (QED) is 0.594. The number of hydrogen-bond acceptors (Lipinski definition) is 4. The van der Waals surface area contributed by atoms with Crippen LogP contribution in [0.5, 0.6) is 0 Å². The Balaban J connectivity index is 2.83. The summed E-state index contributed by atoms with van der Waals surface area (Å²) in [6, 6.07) is 4.61. The minimum atomic E-state index is -0.507. The Labute approximate surface area is 117 Å². The molecule has 19 heavy (non-hydrogen) atoms. The summed E-state index contributed by atoms with van der Waals surface area (Å²) in [7, 11) is 0. The summed E-state index contributed by atoms with van der Waals surface area (Å²) < 4.78 is 0. The standard InChI is InChI=1S/C13H19ClN2O3/c1-3-13(4-2,9-17)8-15-10-5-6-11(14)12(7-10)16(18)19/h5-7,15,17H,3-4,8-9H2,1-2H3. The fourth-order valence-electron chi connectivity index (χ4n) is 1.83. The molecule has 0 saturated heterocycles. The first kappa shape index (κ1) is 15.7. The number of nitro groups is 1. The van der Waals surface area contributed by atoms with E-state index in [1.807, 2.05) is 13.8 Å². The monoisotopic (exact) mass is 286 g/mol. The van der Waals surface area contributed by atoms with Crippen LogP contribution in [0.1, 0.15) is 26.7 Å². The van der Waals surface area contributed by atoms with Gasteiger partial charge in [-0.15, -0.1) is 0 Å². The maximum atomic E-state index is 10.8. The lowest BCUT2D eigenvalue weighted by atomic mass is 9.83. The third-order valence-electron chi connectivity index (χ3n) is 3.65. The van der Waals surface area contributed by atoms with Crippen molar-refractivity contribution in [1.29, 1.82) is 0 Å². The normalized spacial score (nSPS) is 11.4. The van der Waals surface area contributed by atoms with Gasteiger partial charge in [0.05, 0.1) is 11.5 Å². The van der Waals surface area contributed by atoms with Crippen LogP contribution in [0.15, 0.2) is 18.2 Å². The molecule has 106 valence electrons. The van der Waals surface area contributed by atoms with Gasteiger partial charge >= 0.3 is 0 Å². The topological polar surface area (TPSA) is 75.4 Å². The molecular formula is C13H19ClN2O3. The van der Waals surface area contributed by atoms with Crippen LogP contribution in [-0.4, -0.2) is 23.2 Å². The second-order valence-corrected chi connectivity index (χ2v) is 5.05. The molecule has 1 rings (SSSR count).